The van der Waals surface area contributed by atoms with E-state index < -0.39 is 5.97 Å². The maximum Gasteiger partial charge on any atom is 0.350 e. The second-order valence-electron chi connectivity index (χ2n) is 4.01. The Labute approximate surface area is 125 Å². The summed E-state index contributed by atoms with van der Waals surface area (Å²) in [4.78, 5) is 26.1. The van der Waals surface area contributed by atoms with Crippen LogP contribution >= 0.6 is 11.3 Å². The summed E-state index contributed by atoms with van der Waals surface area (Å²) in [5.74, 6) is 0.577. The van der Waals surface area contributed by atoms with Gasteiger partial charge in [-0.1, -0.05) is 11.3 Å². The van der Waals surface area contributed by atoms with E-state index in [1.54, 1.807) is 32.2 Å². The summed E-state index contributed by atoms with van der Waals surface area (Å²) in [5.41, 5.74) is 0.989. The SMILES string of the molecule is CCOC(=O)c1sc(=O)[nH]c1-c1ccc(OC)cc1OC. The molecule has 2 rings (SSSR count). The van der Waals surface area contributed by atoms with Crippen molar-refractivity contribution in [3.63, 3.8) is 0 Å². The van der Waals surface area contributed by atoms with Gasteiger partial charge in [-0.3, -0.25) is 4.79 Å². The highest BCUT2D eigenvalue weighted by Crippen LogP contribution is 2.34. The van der Waals surface area contributed by atoms with Crippen molar-refractivity contribution >= 4 is 17.3 Å². The van der Waals surface area contributed by atoms with E-state index in [4.69, 9.17) is 14.2 Å². The highest BCUT2D eigenvalue weighted by Gasteiger charge is 2.21. The van der Waals surface area contributed by atoms with Crippen LogP contribution in [-0.4, -0.2) is 31.8 Å². The second kappa shape index (κ2) is 6.45. The number of H-pyrrole nitrogens is 1. The summed E-state index contributed by atoms with van der Waals surface area (Å²) in [6.07, 6.45) is 0. The van der Waals surface area contributed by atoms with Crippen LogP contribution in [0.1, 0.15) is 16.6 Å². The Balaban J connectivity index is 2.56. The highest BCUT2D eigenvalue weighted by molar-refractivity contribution is 7.11. The van der Waals surface area contributed by atoms with Gasteiger partial charge in [0.05, 0.1) is 26.5 Å². The lowest BCUT2D eigenvalue weighted by molar-refractivity contribution is 0.0532. The number of esters is 1. The fourth-order valence-corrected chi connectivity index (χ4v) is 2.61. The van der Waals surface area contributed by atoms with Crippen molar-refractivity contribution in [2.45, 2.75) is 6.92 Å². The van der Waals surface area contributed by atoms with E-state index in [0.717, 1.165) is 11.3 Å². The minimum absolute atomic E-state index is 0.227. The van der Waals surface area contributed by atoms with E-state index in [9.17, 15) is 9.59 Å². The van der Waals surface area contributed by atoms with Crippen molar-refractivity contribution < 1.29 is 19.0 Å². The largest absolute Gasteiger partial charge is 0.497 e. The molecule has 0 saturated heterocycles. The molecule has 0 unspecified atom stereocenters. The van der Waals surface area contributed by atoms with Crippen molar-refractivity contribution in [1.29, 1.82) is 0 Å². The number of carbonyl (C=O) groups is 1. The third kappa shape index (κ3) is 3.08. The molecule has 0 radical (unpaired) electrons. The van der Waals surface area contributed by atoms with Crippen LogP contribution in [0.15, 0.2) is 23.0 Å². The summed E-state index contributed by atoms with van der Waals surface area (Å²) in [6, 6.07) is 5.13. The van der Waals surface area contributed by atoms with Crippen molar-refractivity contribution in [2.75, 3.05) is 20.8 Å². The van der Waals surface area contributed by atoms with Gasteiger partial charge in [0, 0.05) is 11.6 Å². The number of ether oxygens (including phenoxy) is 3. The molecule has 1 N–H and O–H groups in total. The maximum atomic E-state index is 11.9. The molecule has 0 amide bonds. The predicted octanol–water partition coefficient (Wildman–Crippen LogP) is 2.30. The van der Waals surface area contributed by atoms with Crippen molar-refractivity contribution in [1.82, 2.24) is 4.98 Å². The van der Waals surface area contributed by atoms with Gasteiger partial charge in [-0.05, 0) is 19.1 Å². The molecule has 112 valence electrons. The van der Waals surface area contributed by atoms with Gasteiger partial charge in [-0.15, -0.1) is 0 Å². The molecule has 6 nitrogen and oxygen atoms in total. The Bertz CT molecular complexity index is 704. The lowest BCUT2D eigenvalue weighted by Gasteiger charge is -2.10. The first-order valence-electron chi connectivity index (χ1n) is 6.23. The molecule has 0 atom stereocenters. The minimum atomic E-state index is -0.534. The predicted molar refractivity (Wildman–Crippen MR) is 79.4 cm³/mol. The van der Waals surface area contributed by atoms with Gasteiger partial charge in [0.1, 0.15) is 16.4 Å². The molecule has 0 spiro atoms. The maximum absolute atomic E-state index is 11.9. The minimum Gasteiger partial charge on any atom is -0.497 e. The van der Waals surface area contributed by atoms with Gasteiger partial charge < -0.3 is 19.2 Å². The highest BCUT2D eigenvalue weighted by atomic mass is 32.1. The van der Waals surface area contributed by atoms with Crippen LogP contribution in [0.3, 0.4) is 0 Å². The topological polar surface area (TPSA) is 77.6 Å². The van der Waals surface area contributed by atoms with E-state index in [1.165, 1.54) is 7.11 Å². The lowest BCUT2D eigenvalue weighted by Crippen LogP contribution is -2.04. The number of aromatic nitrogens is 1. The zero-order valence-corrected chi connectivity index (χ0v) is 12.7. The van der Waals surface area contributed by atoms with Crippen LogP contribution in [0.2, 0.25) is 0 Å². The summed E-state index contributed by atoms with van der Waals surface area (Å²) >= 11 is 0.814. The number of benzene rings is 1. The van der Waals surface area contributed by atoms with Crippen molar-refractivity contribution in [3.05, 3.63) is 32.7 Å². The number of thiazole rings is 1. The normalized spacial score (nSPS) is 10.2. The molecule has 0 fully saturated rings. The Morgan fingerprint density at radius 2 is 2.05 bits per heavy atom. The molecular weight excluding hydrogens is 294 g/mol. The standard InChI is InChI=1S/C14H15NO5S/c1-4-20-13(16)12-11(15-14(17)21-12)9-6-5-8(18-2)7-10(9)19-3/h5-7H,4H2,1-3H3,(H,15,17). The number of aromatic amines is 1. The van der Waals surface area contributed by atoms with Crippen molar-refractivity contribution in [3.8, 4) is 22.8 Å². The summed E-state index contributed by atoms with van der Waals surface area (Å²) in [5, 5.41) is 0. The molecule has 2 aromatic rings. The van der Waals surface area contributed by atoms with Crippen LogP contribution in [0.5, 0.6) is 11.5 Å². The Morgan fingerprint density at radius 1 is 1.29 bits per heavy atom. The fraction of sp³-hybridized carbons (Fsp3) is 0.286. The summed E-state index contributed by atoms with van der Waals surface area (Å²) < 4.78 is 15.4. The Morgan fingerprint density at radius 3 is 2.67 bits per heavy atom. The number of nitrogens with one attached hydrogen (secondary N) is 1. The van der Waals surface area contributed by atoms with Crippen LogP contribution in [-0.2, 0) is 4.74 Å². The average Bonchev–Trinajstić information content (AvgIpc) is 2.88. The third-order valence-electron chi connectivity index (χ3n) is 2.79. The lowest BCUT2D eigenvalue weighted by atomic mass is 10.1. The van der Waals surface area contributed by atoms with E-state index >= 15 is 0 Å². The molecule has 7 heteroatoms. The molecular formula is C14H15NO5S. The van der Waals surface area contributed by atoms with Gasteiger partial charge in [0.25, 0.3) is 0 Å². The van der Waals surface area contributed by atoms with Gasteiger partial charge >= 0.3 is 10.8 Å². The van der Waals surface area contributed by atoms with E-state index in [2.05, 4.69) is 4.98 Å². The summed E-state index contributed by atoms with van der Waals surface area (Å²) in [7, 11) is 3.05. The molecule has 0 aliphatic rings. The zero-order valence-electron chi connectivity index (χ0n) is 11.9. The third-order valence-corrected chi connectivity index (χ3v) is 3.65. The molecule has 0 aliphatic carbocycles. The molecule has 0 saturated carbocycles. The molecule has 1 aromatic heterocycles. The first-order chi connectivity index (χ1) is 10.1. The van der Waals surface area contributed by atoms with Gasteiger partial charge in [-0.25, -0.2) is 4.79 Å². The molecule has 0 bridgehead atoms. The Hall–Kier alpha value is -2.28. The quantitative estimate of drug-likeness (QED) is 0.857. The molecule has 21 heavy (non-hydrogen) atoms. The number of methoxy groups -OCH3 is 2. The number of carbonyl (C=O) groups excluding carboxylic acids is 1. The van der Waals surface area contributed by atoms with Gasteiger partial charge in [0.2, 0.25) is 0 Å². The first-order valence-corrected chi connectivity index (χ1v) is 7.05. The number of hydrogen-bond acceptors (Lipinski definition) is 6. The van der Waals surface area contributed by atoms with Gasteiger partial charge in [-0.2, -0.15) is 0 Å². The molecule has 0 aliphatic heterocycles. The van der Waals surface area contributed by atoms with Crippen LogP contribution in [0, 0.1) is 0 Å². The van der Waals surface area contributed by atoms with E-state index in [1.807, 2.05) is 0 Å². The number of rotatable bonds is 5. The zero-order chi connectivity index (χ0) is 15.4. The summed E-state index contributed by atoms with van der Waals surface area (Å²) in [6.45, 7) is 1.95. The molecule has 1 heterocycles. The Kier molecular flexibility index (Phi) is 4.64. The van der Waals surface area contributed by atoms with Crippen molar-refractivity contribution in [2.24, 2.45) is 0 Å². The fourth-order valence-electron chi connectivity index (χ4n) is 1.86. The first kappa shape index (κ1) is 15.1. The number of hydrogen-bond donors (Lipinski definition) is 1. The van der Waals surface area contributed by atoms with E-state index in [0.29, 0.717) is 22.8 Å². The van der Waals surface area contributed by atoms with Crippen LogP contribution in [0.25, 0.3) is 11.3 Å². The monoisotopic (exact) mass is 309 g/mol. The second-order valence-corrected chi connectivity index (χ2v) is 4.99. The van der Waals surface area contributed by atoms with Gasteiger partial charge in [0.15, 0.2) is 0 Å². The van der Waals surface area contributed by atoms with Crippen LogP contribution < -0.4 is 14.3 Å². The smallest absolute Gasteiger partial charge is 0.350 e. The van der Waals surface area contributed by atoms with E-state index in [-0.39, 0.29) is 16.4 Å². The van der Waals surface area contributed by atoms with Crippen LogP contribution in [0.4, 0.5) is 0 Å². The average molecular weight is 309 g/mol. The molecule has 1 aromatic carbocycles.